The van der Waals surface area contributed by atoms with Crippen molar-refractivity contribution in [2.45, 2.75) is 90.4 Å². The zero-order chi connectivity index (χ0) is 20.8. The molecule has 2 heteroatoms. The fraction of sp³-hybridized carbons (Fsp3) is 0.556. The largest absolute Gasteiger partial charge is 0.355 e. The number of fused-ring (bicyclic) bond motifs is 2. The zero-order valence-electron chi connectivity index (χ0n) is 19.1. The second kappa shape index (κ2) is 7.56. The molecule has 1 N–H and O–H groups in total. The van der Waals surface area contributed by atoms with E-state index in [4.69, 9.17) is 4.74 Å². The molecule has 0 bridgehead atoms. The fourth-order valence-corrected chi connectivity index (χ4v) is 4.63. The summed E-state index contributed by atoms with van der Waals surface area (Å²) in [5, 5.41) is 3.67. The van der Waals surface area contributed by atoms with Crippen LogP contribution in [0.25, 0.3) is 0 Å². The highest BCUT2D eigenvalue weighted by Gasteiger charge is 2.29. The van der Waals surface area contributed by atoms with Crippen LogP contribution in [0.3, 0.4) is 0 Å². The van der Waals surface area contributed by atoms with E-state index in [9.17, 15) is 0 Å². The third kappa shape index (κ3) is 4.44. The van der Waals surface area contributed by atoms with Gasteiger partial charge in [-0.1, -0.05) is 77.9 Å². The maximum absolute atomic E-state index is 6.67. The Hall–Kier alpha value is -1.64. The molecule has 1 heterocycles. The van der Waals surface area contributed by atoms with Crippen LogP contribution < -0.4 is 5.32 Å². The van der Waals surface area contributed by atoms with Crippen molar-refractivity contribution in [3.63, 3.8) is 0 Å². The lowest BCUT2D eigenvalue weighted by atomic mass is 9.84. The first-order chi connectivity index (χ1) is 13.6. The monoisotopic (exact) mass is 391 g/mol. The highest BCUT2D eigenvalue weighted by molar-refractivity contribution is 5.40. The Morgan fingerprint density at radius 2 is 1.45 bits per heavy atom. The molecule has 0 amide bonds. The summed E-state index contributed by atoms with van der Waals surface area (Å²) in [4.78, 5) is 0. The molecular formula is C27H37NO. The van der Waals surface area contributed by atoms with Crippen molar-refractivity contribution in [2.75, 3.05) is 6.54 Å². The Bertz CT molecular complexity index is 884. The van der Waals surface area contributed by atoms with Gasteiger partial charge in [-0.15, -0.1) is 0 Å². The summed E-state index contributed by atoms with van der Waals surface area (Å²) >= 11 is 0. The van der Waals surface area contributed by atoms with E-state index in [1.807, 2.05) is 0 Å². The molecule has 156 valence electrons. The van der Waals surface area contributed by atoms with Gasteiger partial charge in [0.1, 0.15) is 6.23 Å². The van der Waals surface area contributed by atoms with Gasteiger partial charge in [-0.2, -0.15) is 0 Å². The number of hydrogen-bond acceptors (Lipinski definition) is 2. The lowest BCUT2D eigenvalue weighted by Crippen LogP contribution is -2.34. The minimum Gasteiger partial charge on any atom is -0.355 e. The molecule has 2 aromatic carbocycles. The topological polar surface area (TPSA) is 21.3 Å². The summed E-state index contributed by atoms with van der Waals surface area (Å²) in [6.07, 6.45) is 4.55. The van der Waals surface area contributed by atoms with Crippen LogP contribution in [-0.2, 0) is 34.8 Å². The molecule has 2 nitrogen and oxygen atoms in total. The first-order valence-corrected chi connectivity index (χ1v) is 11.3. The van der Waals surface area contributed by atoms with Crippen LogP contribution in [0.2, 0.25) is 0 Å². The Balaban J connectivity index is 1.52. The molecule has 0 spiro atoms. The molecule has 0 saturated carbocycles. The van der Waals surface area contributed by atoms with Gasteiger partial charge >= 0.3 is 0 Å². The average Bonchev–Trinajstić information content (AvgIpc) is 2.91. The predicted molar refractivity (Wildman–Crippen MR) is 122 cm³/mol. The minimum atomic E-state index is 0.0889. The maximum Gasteiger partial charge on any atom is 0.113 e. The van der Waals surface area contributed by atoms with E-state index in [-0.39, 0.29) is 23.2 Å². The van der Waals surface area contributed by atoms with Crippen LogP contribution in [0.1, 0.15) is 87.4 Å². The molecule has 2 aliphatic rings. The predicted octanol–water partition coefficient (Wildman–Crippen LogP) is 6.00. The number of aryl methyl sites for hydroxylation is 1. The van der Waals surface area contributed by atoms with Gasteiger partial charge in [-0.05, 0) is 63.5 Å². The molecule has 4 rings (SSSR count). The van der Waals surface area contributed by atoms with E-state index >= 15 is 0 Å². The molecule has 29 heavy (non-hydrogen) atoms. The van der Waals surface area contributed by atoms with E-state index in [1.165, 1.54) is 33.4 Å². The molecule has 1 aliphatic heterocycles. The number of ether oxygens (including phenoxy) is 1. The van der Waals surface area contributed by atoms with E-state index in [0.29, 0.717) is 0 Å². The SMILES string of the molecule is CC(C)(C)c1ccc2c(c1)CCNC(OC1CCc3ccc(C(C)(C)C)cc31)C2. The van der Waals surface area contributed by atoms with Crippen LogP contribution in [-0.4, -0.2) is 12.8 Å². The smallest absolute Gasteiger partial charge is 0.113 e. The zero-order valence-corrected chi connectivity index (χ0v) is 19.1. The van der Waals surface area contributed by atoms with E-state index in [0.717, 1.165) is 32.2 Å². The number of hydrogen-bond donors (Lipinski definition) is 1. The first kappa shape index (κ1) is 20.6. The van der Waals surface area contributed by atoms with E-state index in [2.05, 4.69) is 83.3 Å². The molecule has 0 aromatic heterocycles. The Morgan fingerprint density at radius 3 is 2.14 bits per heavy atom. The standard InChI is InChI=1S/C27H37NO/c1-26(2,3)21-11-8-19-16-25(28-14-13-20(19)15-21)29-24-12-9-18-7-10-22(17-23(18)24)27(4,5)6/h7-8,10-11,15,17,24-25,28H,9,12-14,16H2,1-6H3. The minimum absolute atomic E-state index is 0.0889. The van der Waals surface area contributed by atoms with Crippen molar-refractivity contribution >= 4 is 0 Å². The van der Waals surface area contributed by atoms with E-state index in [1.54, 1.807) is 0 Å². The first-order valence-electron chi connectivity index (χ1n) is 11.3. The van der Waals surface area contributed by atoms with E-state index < -0.39 is 0 Å². The second-order valence-electron chi connectivity index (χ2n) is 11.0. The molecule has 0 saturated heterocycles. The van der Waals surface area contributed by atoms with Gasteiger partial charge in [0, 0.05) is 13.0 Å². The highest BCUT2D eigenvalue weighted by Crippen LogP contribution is 2.38. The summed E-state index contributed by atoms with van der Waals surface area (Å²) in [6.45, 7) is 14.7. The number of benzene rings is 2. The molecule has 2 aromatic rings. The second-order valence-corrected chi connectivity index (χ2v) is 11.0. The van der Waals surface area contributed by atoms with Gasteiger partial charge in [0.2, 0.25) is 0 Å². The van der Waals surface area contributed by atoms with Gasteiger partial charge in [-0.25, -0.2) is 0 Å². The molecule has 2 unspecified atom stereocenters. The molecule has 2 atom stereocenters. The average molecular weight is 392 g/mol. The van der Waals surface area contributed by atoms with Crippen LogP contribution in [0.15, 0.2) is 36.4 Å². The van der Waals surface area contributed by atoms with Gasteiger partial charge in [0.05, 0.1) is 6.10 Å². The van der Waals surface area contributed by atoms with Crippen LogP contribution in [0.5, 0.6) is 0 Å². The Labute approximate surface area is 177 Å². The Morgan fingerprint density at radius 1 is 0.793 bits per heavy atom. The number of rotatable bonds is 2. The lowest BCUT2D eigenvalue weighted by molar-refractivity contribution is -0.0288. The Kier molecular flexibility index (Phi) is 5.38. The lowest BCUT2D eigenvalue weighted by Gasteiger charge is -2.25. The van der Waals surface area contributed by atoms with Crippen molar-refractivity contribution in [3.8, 4) is 0 Å². The maximum atomic E-state index is 6.67. The van der Waals surface area contributed by atoms with Crippen molar-refractivity contribution in [2.24, 2.45) is 0 Å². The normalized spacial score (nSPS) is 22.1. The van der Waals surface area contributed by atoms with Crippen LogP contribution in [0, 0.1) is 0 Å². The molecule has 1 aliphatic carbocycles. The quantitative estimate of drug-likeness (QED) is 0.678. The third-order valence-electron chi connectivity index (χ3n) is 6.61. The molecule has 0 fully saturated rings. The van der Waals surface area contributed by atoms with Crippen LogP contribution >= 0.6 is 0 Å². The van der Waals surface area contributed by atoms with Crippen molar-refractivity contribution in [3.05, 3.63) is 69.8 Å². The summed E-state index contributed by atoms with van der Waals surface area (Å²) in [5.74, 6) is 0. The molecule has 0 radical (unpaired) electrons. The van der Waals surface area contributed by atoms with Gasteiger partial charge in [-0.3, -0.25) is 5.32 Å². The van der Waals surface area contributed by atoms with Gasteiger partial charge in [0.15, 0.2) is 0 Å². The fourth-order valence-electron chi connectivity index (χ4n) is 4.63. The van der Waals surface area contributed by atoms with Crippen molar-refractivity contribution < 1.29 is 4.74 Å². The summed E-state index contributed by atoms with van der Waals surface area (Å²) in [7, 11) is 0. The van der Waals surface area contributed by atoms with Crippen molar-refractivity contribution in [1.82, 2.24) is 5.32 Å². The van der Waals surface area contributed by atoms with Crippen LogP contribution in [0.4, 0.5) is 0 Å². The summed E-state index contributed by atoms with van der Waals surface area (Å²) in [6, 6.07) is 14.1. The van der Waals surface area contributed by atoms with Gasteiger partial charge < -0.3 is 4.74 Å². The third-order valence-corrected chi connectivity index (χ3v) is 6.61. The van der Waals surface area contributed by atoms with Crippen molar-refractivity contribution in [1.29, 1.82) is 0 Å². The molecular weight excluding hydrogens is 354 g/mol. The summed E-state index contributed by atoms with van der Waals surface area (Å²) < 4.78 is 6.67. The van der Waals surface area contributed by atoms with Gasteiger partial charge in [0.25, 0.3) is 0 Å². The summed E-state index contributed by atoms with van der Waals surface area (Å²) in [5.41, 5.74) is 9.00. The highest BCUT2D eigenvalue weighted by atomic mass is 16.5. The number of nitrogens with one attached hydrogen (secondary N) is 1.